The molecule has 0 saturated heterocycles. The molecule has 0 amide bonds. The van der Waals surface area contributed by atoms with Crippen molar-refractivity contribution >= 4 is 32.4 Å². The van der Waals surface area contributed by atoms with Crippen molar-refractivity contribution in [3.05, 3.63) is 48.3 Å². The van der Waals surface area contributed by atoms with Crippen molar-refractivity contribution in [3.8, 4) is 5.75 Å². The van der Waals surface area contributed by atoms with E-state index in [9.17, 15) is 4.39 Å². The lowest BCUT2D eigenvalue weighted by molar-refractivity contribution is 0.415. The number of hydrogen-bond acceptors (Lipinski definition) is 4. The quantitative estimate of drug-likeness (QED) is 0.777. The highest BCUT2D eigenvalue weighted by molar-refractivity contribution is 7.22. The van der Waals surface area contributed by atoms with Crippen LogP contribution in [0, 0.1) is 5.82 Å². The first-order chi connectivity index (χ1) is 9.24. The SMILES string of the molecule is COc1ccc2nc(Nc3cccc(F)c3)sc2c1. The Balaban J connectivity index is 1.93. The Morgan fingerprint density at radius 3 is 2.89 bits per heavy atom. The van der Waals surface area contributed by atoms with Crippen LogP contribution in [0.1, 0.15) is 0 Å². The molecule has 0 bridgehead atoms. The van der Waals surface area contributed by atoms with Gasteiger partial charge in [0.15, 0.2) is 5.13 Å². The largest absolute Gasteiger partial charge is 0.497 e. The van der Waals surface area contributed by atoms with Crippen molar-refractivity contribution in [2.75, 3.05) is 12.4 Å². The van der Waals surface area contributed by atoms with Crippen molar-refractivity contribution in [3.63, 3.8) is 0 Å². The first-order valence-corrected chi connectivity index (χ1v) is 6.53. The van der Waals surface area contributed by atoms with Gasteiger partial charge >= 0.3 is 0 Å². The Labute approximate surface area is 113 Å². The number of rotatable bonds is 3. The molecule has 0 aliphatic carbocycles. The van der Waals surface area contributed by atoms with Gasteiger partial charge in [-0.05, 0) is 36.4 Å². The molecule has 0 atom stereocenters. The minimum absolute atomic E-state index is 0.271. The van der Waals surface area contributed by atoms with Crippen molar-refractivity contribution in [1.82, 2.24) is 4.98 Å². The summed E-state index contributed by atoms with van der Waals surface area (Å²) < 4.78 is 19.3. The second-order valence-corrected chi connectivity index (χ2v) is 5.02. The lowest BCUT2D eigenvalue weighted by atomic mass is 10.3. The monoisotopic (exact) mass is 274 g/mol. The Bertz CT molecular complexity index is 726. The molecule has 1 heterocycles. The van der Waals surface area contributed by atoms with Crippen LogP contribution in [0.5, 0.6) is 5.75 Å². The average molecular weight is 274 g/mol. The number of nitrogens with zero attached hydrogens (tertiary/aromatic N) is 1. The Morgan fingerprint density at radius 1 is 1.21 bits per heavy atom. The number of ether oxygens (including phenoxy) is 1. The molecule has 3 nitrogen and oxygen atoms in total. The van der Waals surface area contributed by atoms with Crippen LogP contribution < -0.4 is 10.1 Å². The third kappa shape index (κ3) is 2.51. The van der Waals surface area contributed by atoms with E-state index in [4.69, 9.17) is 4.74 Å². The second-order valence-electron chi connectivity index (χ2n) is 3.99. The smallest absolute Gasteiger partial charge is 0.188 e. The van der Waals surface area contributed by atoms with Crippen LogP contribution in [-0.4, -0.2) is 12.1 Å². The summed E-state index contributed by atoms with van der Waals surface area (Å²) in [4.78, 5) is 4.44. The van der Waals surface area contributed by atoms with Crippen molar-refractivity contribution in [2.24, 2.45) is 0 Å². The van der Waals surface area contributed by atoms with E-state index < -0.39 is 0 Å². The number of thiazole rings is 1. The van der Waals surface area contributed by atoms with Crippen LogP contribution in [0.2, 0.25) is 0 Å². The predicted molar refractivity (Wildman–Crippen MR) is 75.9 cm³/mol. The zero-order valence-corrected chi connectivity index (χ0v) is 11.0. The molecule has 96 valence electrons. The van der Waals surface area contributed by atoms with Gasteiger partial charge in [0.2, 0.25) is 0 Å². The number of methoxy groups -OCH3 is 1. The van der Waals surface area contributed by atoms with Crippen LogP contribution in [0.3, 0.4) is 0 Å². The standard InChI is InChI=1S/C14H11FN2OS/c1-18-11-5-6-12-13(8-11)19-14(17-12)16-10-4-2-3-9(15)7-10/h2-8H,1H3,(H,16,17). The molecule has 0 saturated carbocycles. The first-order valence-electron chi connectivity index (χ1n) is 5.72. The predicted octanol–water partition coefficient (Wildman–Crippen LogP) is 4.19. The maximum Gasteiger partial charge on any atom is 0.188 e. The number of anilines is 2. The van der Waals surface area contributed by atoms with Gasteiger partial charge in [-0.15, -0.1) is 0 Å². The van der Waals surface area contributed by atoms with E-state index in [0.717, 1.165) is 21.1 Å². The van der Waals surface area contributed by atoms with Crippen LogP contribution in [0.4, 0.5) is 15.2 Å². The number of nitrogens with one attached hydrogen (secondary N) is 1. The van der Waals surface area contributed by atoms with Gasteiger partial charge in [-0.3, -0.25) is 0 Å². The third-order valence-electron chi connectivity index (χ3n) is 2.67. The summed E-state index contributed by atoms with van der Waals surface area (Å²) in [6, 6.07) is 12.0. The third-order valence-corrected chi connectivity index (χ3v) is 3.61. The molecule has 5 heteroatoms. The van der Waals surface area contributed by atoms with Crippen molar-refractivity contribution in [2.45, 2.75) is 0 Å². The van der Waals surface area contributed by atoms with Gasteiger partial charge in [0, 0.05) is 5.69 Å². The molecule has 0 aliphatic rings. The van der Waals surface area contributed by atoms with E-state index in [-0.39, 0.29) is 5.82 Å². The minimum Gasteiger partial charge on any atom is -0.497 e. The van der Waals surface area contributed by atoms with E-state index in [0.29, 0.717) is 5.69 Å². The summed E-state index contributed by atoms with van der Waals surface area (Å²) in [5.41, 5.74) is 1.58. The summed E-state index contributed by atoms with van der Waals surface area (Å²) in [5.74, 6) is 0.529. The number of fused-ring (bicyclic) bond motifs is 1. The van der Waals surface area contributed by atoms with Gasteiger partial charge in [-0.2, -0.15) is 0 Å². The fourth-order valence-electron chi connectivity index (χ4n) is 1.78. The molecule has 3 rings (SSSR count). The lowest BCUT2D eigenvalue weighted by Crippen LogP contribution is -1.89. The van der Waals surface area contributed by atoms with Gasteiger partial charge < -0.3 is 10.1 Å². The Hall–Kier alpha value is -2.14. The first kappa shape index (κ1) is 11.9. The molecule has 3 aromatic rings. The van der Waals surface area contributed by atoms with Crippen LogP contribution in [0.25, 0.3) is 10.2 Å². The highest BCUT2D eigenvalue weighted by Gasteiger charge is 2.05. The zero-order valence-electron chi connectivity index (χ0n) is 10.2. The molecule has 0 aliphatic heterocycles. The second kappa shape index (κ2) is 4.85. The highest BCUT2D eigenvalue weighted by Crippen LogP contribution is 2.30. The van der Waals surface area contributed by atoms with Gasteiger partial charge in [-0.1, -0.05) is 17.4 Å². The van der Waals surface area contributed by atoms with E-state index in [2.05, 4.69) is 10.3 Å². The maximum absolute atomic E-state index is 13.1. The molecule has 0 radical (unpaired) electrons. The Morgan fingerprint density at radius 2 is 2.11 bits per heavy atom. The molecular weight excluding hydrogens is 263 g/mol. The summed E-state index contributed by atoms with van der Waals surface area (Å²) in [6.07, 6.45) is 0. The number of aromatic nitrogens is 1. The Kier molecular flexibility index (Phi) is 3.05. The molecule has 0 unspecified atom stereocenters. The van der Waals surface area contributed by atoms with E-state index in [1.165, 1.54) is 23.5 Å². The molecule has 0 spiro atoms. The summed E-state index contributed by atoms with van der Waals surface area (Å²) in [6.45, 7) is 0. The maximum atomic E-state index is 13.1. The van der Waals surface area contributed by atoms with Gasteiger partial charge in [0.05, 0.1) is 17.3 Å². The van der Waals surface area contributed by atoms with Gasteiger partial charge in [-0.25, -0.2) is 9.37 Å². The molecule has 1 N–H and O–H groups in total. The van der Waals surface area contributed by atoms with Crippen LogP contribution in [0.15, 0.2) is 42.5 Å². The van der Waals surface area contributed by atoms with E-state index in [1.807, 2.05) is 18.2 Å². The summed E-state index contributed by atoms with van der Waals surface area (Å²) in [7, 11) is 1.63. The van der Waals surface area contributed by atoms with Crippen molar-refractivity contribution in [1.29, 1.82) is 0 Å². The lowest BCUT2D eigenvalue weighted by Gasteiger charge is -2.01. The van der Waals surface area contributed by atoms with E-state index in [1.54, 1.807) is 19.2 Å². The van der Waals surface area contributed by atoms with E-state index >= 15 is 0 Å². The van der Waals surface area contributed by atoms with Crippen molar-refractivity contribution < 1.29 is 9.13 Å². The fourth-order valence-corrected chi connectivity index (χ4v) is 2.69. The minimum atomic E-state index is -0.271. The summed E-state index contributed by atoms with van der Waals surface area (Å²) in [5, 5.41) is 3.83. The van der Waals surface area contributed by atoms with Crippen LogP contribution >= 0.6 is 11.3 Å². The van der Waals surface area contributed by atoms with Gasteiger partial charge in [0.25, 0.3) is 0 Å². The zero-order chi connectivity index (χ0) is 13.2. The number of benzene rings is 2. The molecular formula is C14H11FN2OS. The highest BCUT2D eigenvalue weighted by atomic mass is 32.1. The van der Waals surface area contributed by atoms with Crippen LogP contribution in [-0.2, 0) is 0 Å². The molecule has 19 heavy (non-hydrogen) atoms. The molecule has 1 aromatic heterocycles. The topological polar surface area (TPSA) is 34.1 Å². The molecule has 2 aromatic carbocycles. The summed E-state index contributed by atoms with van der Waals surface area (Å²) >= 11 is 1.50. The average Bonchev–Trinajstić information content (AvgIpc) is 2.79. The molecule has 0 fully saturated rings. The van der Waals surface area contributed by atoms with Gasteiger partial charge in [0.1, 0.15) is 11.6 Å². The normalized spacial score (nSPS) is 10.6. The fraction of sp³-hybridized carbons (Fsp3) is 0.0714. The number of hydrogen-bond donors (Lipinski definition) is 1. The number of halogens is 1.